The minimum Gasteiger partial charge on any atom is -0.375 e. The van der Waals surface area contributed by atoms with E-state index in [4.69, 9.17) is 10.5 Å². The Labute approximate surface area is 124 Å². The summed E-state index contributed by atoms with van der Waals surface area (Å²) in [7, 11) is 0. The van der Waals surface area contributed by atoms with Gasteiger partial charge in [-0.3, -0.25) is 0 Å². The second-order valence-electron chi connectivity index (χ2n) is 5.90. The smallest absolute Gasteiger partial charge is 0.0701 e. The van der Waals surface area contributed by atoms with Crippen LogP contribution in [0.15, 0.2) is 16.8 Å². The molecule has 2 saturated heterocycles. The van der Waals surface area contributed by atoms with Crippen LogP contribution < -0.4 is 5.73 Å². The van der Waals surface area contributed by atoms with Crippen LogP contribution in [0.3, 0.4) is 0 Å². The van der Waals surface area contributed by atoms with Crippen LogP contribution in [0.1, 0.15) is 31.2 Å². The van der Waals surface area contributed by atoms with Gasteiger partial charge >= 0.3 is 0 Å². The largest absolute Gasteiger partial charge is 0.375 e. The monoisotopic (exact) mass is 297 g/mol. The molecule has 2 atom stereocenters. The van der Waals surface area contributed by atoms with E-state index in [0.717, 1.165) is 19.4 Å². The average molecular weight is 297 g/mol. The lowest BCUT2D eigenvalue weighted by Gasteiger charge is -2.44. The molecule has 1 spiro atoms. The fourth-order valence-electron chi connectivity index (χ4n) is 3.37. The number of hydrogen-bond acceptors (Lipinski definition) is 4. The first kappa shape index (κ1) is 13.9. The summed E-state index contributed by atoms with van der Waals surface area (Å²) in [6, 6.07) is 2.50. The van der Waals surface area contributed by atoms with Gasteiger partial charge in [-0.2, -0.15) is 23.1 Å². The van der Waals surface area contributed by atoms with Gasteiger partial charge in [-0.15, -0.1) is 0 Å². The van der Waals surface area contributed by atoms with E-state index in [1.807, 2.05) is 0 Å². The molecule has 0 saturated carbocycles. The van der Waals surface area contributed by atoms with Gasteiger partial charge in [0, 0.05) is 12.6 Å². The van der Waals surface area contributed by atoms with Crippen LogP contribution in [-0.4, -0.2) is 29.8 Å². The van der Waals surface area contributed by atoms with E-state index in [0.29, 0.717) is 12.0 Å². The molecule has 19 heavy (non-hydrogen) atoms. The molecular formula is C15H23NOS2. The van der Waals surface area contributed by atoms with E-state index >= 15 is 0 Å². The lowest BCUT2D eigenvalue weighted by atomic mass is 9.77. The fourth-order valence-corrected chi connectivity index (χ4v) is 5.29. The molecule has 0 amide bonds. The highest BCUT2D eigenvalue weighted by Crippen LogP contribution is 2.40. The van der Waals surface area contributed by atoms with Crippen molar-refractivity contribution in [3.8, 4) is 0 Å². The molecule has 2 unspecified atom stereocenters. The molecule has 1 aromatic heterocycles. The molecule has 2 nitrogen and oxygen atoms in total. The summed E-state index contributed by atoms with van der Waals surface area (Å²) in [4.78, 5) is 0. The molecule has 0 radical (unpaired) electrons. The summed E-state index contributed by atoms with van der Waals surface area (Å²) in [5.74, 6) is 3.15. The predicted molar refractivity (Wildman–Crippen MR) is 84.0 cm³/mol. The number of rotatable bonds is 3. The quantitative estimate of drug-likeness (QED) is 0.929. The zero-order valence-electron chi connectivity index (χ0n) is 11.3. The number of thiophene rings is 1. The van der Waals surface area contributed by atoms with Crippen LogP contribution >= 0.6 is 23.1 Å². The summed E-state index contributed by atoms with van der Waals surface area (Å²) in [5, 5.41) is 4.37. The number of ether oxygens (including phenoxy) is 1. The van der Waals surface area contributed by atoms with Crippen LogP contribution in [0.4, 0.5) is 0 Å². The molecule has 0 bridgehead atoms. The molecule has 0 aromatic carbocycles. The number of thioether (sulfide) groups is 1. The van der Waals surface area contributed by atoms with Crippen molar-refractivity contribution < 1.29 is 4.74 Å². The van der Waals surface area contributed by atoms with E-state index in [9.17, 15) is 0 Å². The molecule has 3 heterocycles. The average Bonchev–Trinajstić information content (AvgIpc) is 2.92. The highest BCUT2D eigenvalue weighted by molar-refractivity contribution is 7.99. The van der Waals surface area contributed by atoms with E-state index in [2.05, 4.69) is 28.6 Å². The Balaban J connectivity index is 1.61. The zero-order valence-corrected chi connectivity index (χ0v) is 13.0. The standard InChI is InChI=1S/C15H23NOS2/c16-14(9-12-2-6-19-11-12)13-1-5-17-15(10-13)3-7-18-8-4-15/h2,6,11,13-14H,1,3-5,7-10,16H2. The Hall–Kier alpha value is -0.0300. The van der Waals surface area contributed by atoms with Crippen LogP contribution in [-0.2, 0) is 11.2 Å². The SMILES string of the molecule is NC(Cc1ccsc1)C1CCOC2(CCSCC2)C1. The van der Waals surface area contributed by atoms with Crippen molar-refractivity contribution in [2.75, 3.05) is 18.1 Å². The van der Waals surface area contributed by atoms with Crippen molar-refractivity contribution in [3.63, 3.8) is 0 Å². The molecule has 4 heteroatoms. The van der Waals surface area contributed by atoms with Crippen molar-refractivity contribution >= 4 is 23.1 Å². The van der Waals surface area contributed by atoms with Crippen molar-refractivity contribution in [2.24, 2.45) is 11.7 Å². The van der Waals surface area contributed by atoms with E-state index in [-0.39, 0.29) is 5.60 Å². The van der Waals surface area contributed by atoms with Gasteiger partial charge in [0.1, 0.15) is 0 Å². The maximum Gasteiger partial charge on any atom is 0.0701 e. The lowest BCUT2D eigenvalue weighted by molar-refractivity contribution is -0.105. The van der Waals surface area contributed by atoms with E-state index < -0.39 is 0 Å². The van der Waals surface area contributed by atoms with Gasteiger partial charge in [-0.1, -0.05) is 0 Å². The second kappa shape index (κ2) is 6.17. The first-order valence-corrected chi connectivity index (χ1v) is 9.36. The molecular weight excluding hydrogens is 274 g/mol. The van der Waals surface area contributed by atoms with Gasteiger partial charge < -0.3 is 10.5 Å². The van der Waals surface area contributed by atoms with Crippen molar-refractivity contribution in [2.45, 2.75) is 43.7 Å². The van der Waals surface area contributed by atoms with Crippen molar-refractivity contribution in [1.82, 2.24) is 0 Å². The minimum atomic E-state index is 0.167. The molecule has 2 aliphatic rings. The molecule has 2 N–H and O–H groups in total. The molecule has 2 fully saturated rings. The third-order valence-electron chi connectivity index (χ3n) is 4.59. The van der Waals surface area contributed by atoms with Crippen LogP contribution in [0.5, 0.6) is 0 Å². The van der Waals surface area contributed by atoms with Crippen LogP contribution in [0, 0.1) is 5.92 Å². The second-order valence-corrected chi connectivity index (χ2v) is 7.90. The Bertz CT molecular complexity index is 381. The summed E-state index contributed by atoms with van der Waals surface area (Å²) < 4.78 is 6.16. The molecule has 1 aromatic rings. The predicted octanol–water partition coefficient (Wildman–Crippen LogP) is 3.31. The van der Waals surface area contributed by atoms with Gasteiger partial charge in [-0.05, 0) is 71.9 Å². The number of hydrogen-bond donors (Lipinski definition) is 1. The van der Waals surface area contributed by atoms with Gasteiger partial charge in [-0.25, -0.2) is 0 Å². The summed E-state index contributed by atoms with van der Waals surface area (Å²) in [6.07, 6.45) is 5.79. The zero-order chi connectivity index (χ0) is 13.1. The Morgan fingerprint density at radius 1 is 1.42 bits per heavy atom. The Morgan fingerprint density at radius 3 is 3.00 bits per heavy atom. The highest BCUT2D eigenvalue weighted by atomic mass is 32.2. The topological polar surface area (TPSA) is 35.2 Å². The fraction of sp³-hybridized carbons (Fsp3) is 0.733. The Kier molecular flexibility index (Phi) is 4.52. The maximum absolute atomic E-state index is 6.47. The van der Waals surface area contributed by atoms with E-state index in [1.54, 1.807) is 11.3 Å². The summed E-state index contributed by atoms with van der Waals surface area (Å²) >= 11 is 3.83. The summed E-state index contributed by atoms with van der Waals surface area (Å²) in [5.41, 5.74) is 8.04. The minimum absolute atomic E-state index is 0.167. The van der Waals surface area contributed by atoms with E-state index in [1.165, 1.54) is 36.3 Å². The van der Waals surface area contributed by atoms with Crippen molar-refractivity contribution in [1.29, 1.82) is 0 Å². The van der Waals surface area contributed by atoms with Gasteiger partial charge in [0.05, 0.1) is 5.60 Å². The first-order chi connectivity index (χ1) is 9.27. The lowest BCUT2D eigenvalue weighted by Crippen LogP contribution is -2.47. The normalized spacial score (nSPS) is 28.4. The molecule has 106 valence electrons. The highest BCUT2D eigenvalue weighted by Gasteiger charge is 2.40. The summed E-state index contributed by atoms with van der Waals surface area (Å²) in [6.45, 7) is 0.909. The molecule has 0 aliphatic carbocycles. The van der Waals surface area contributed by atoms with Crippen LogP contribution in [0.2, 0.25) is 0 Å². The maximum atomic E-state index is 6.47. The molecule has 2 aliphatic heterocycles. The Morgan fingerprint density at radius 2 is 2.26 bits per heavy atom. The number of nitrogens with two attached hydrogens (primary N) is 1. The molecule has 3 rings (SSSR count). The third kappa shape index (κ3) is 3.35. The van der Waals surface area contributed by atoms with Gasteiger partial charge in [0.2, 0.25) is 0 Å². The van der Waals surface area contributed by atoms with Crippen molar-refractivity contribution in [3.05, 3.63) is 22.4 Å². The first-order valence-electron chi connectivity index (χ1n) is 7.26. The van der Waals surface area contributed by atoms with Crippen LogP contribution in [0.25, 0.3) is 0 Å². The third-order valence-corrected chi connectivity index (χ3v) is 6.31. The van der Waals surface area contributed by atoms with Gasteiger partial charge in [0.25, 0.3) is 0 Å². The van der Waals surface area contributed by atoms with Gasteiger partial charge in [0.15, 0.2) is 0 Å².